The van der Waals surface area contributed by atoms with Gasteiger partial charge in [0.1, 0.15) is 18.1 Å². The molecule has 11 nitrogen and oxygen atoms in total. The number of amides is 4. The predicted octanol–water partition coefficient (Wildman–Crippen LogP) is -0.134. The van der Waals surface area contributed by atoms with Crippen LogP contribution in [0.15, 0.2) is 0 Å². The van der Waals surface area contributed by atoms with Gasteiger partial charge in [-0.3, -0.25) is 19.2 Å². The summed E-state index contributed by atoms with van der Waals surface area (Å²) in [6, 6.07) is -4.07. The molecule has 0 fully saturated rings. The summed E-state index contributed by atoms with van der Waals surface area (Å²) in [5.41, 5.74) is 11.0. The number of carboxylic acids is 1. The van der Waals surface area contributed by atoms with E-state index in [4.69, 9.17) is 11.5 Å². The van der Waals surface area contributed by atoms with Crippen LogP contribution in [0.5, 0.6) is 0 Å². The van der Waals surface area contributed by atoms with Gasteiger partial charge in [0, 0.05) is 6.42 Å². The number of primary amides is 1. The lowest BCUT2D eigenvalue weighted by molar-refractivity contribution is -0.143. The molecule has 0 aromatic rings. The summed E-state index contributed by atoms with van der Waals surface area (Å²) in [5.74, 6) is -4.11. The third-order valence-electron chi connectivity index (χ3n) is 5.44. The number of nitrogens with one attached hydrogen (secondary N) is 3. The van der Waals surface area contributed by atoms with E-state index in [0.717, 1.165) is 0 Å². The molecule has 0 radical (unpaired) electrons. The van der Waals surface area contributed by atoms with Gasteiger partial charge in [-0.25, -0.2) is 4.79 Å². The van der Waals surface area contributed by atoms with Crippen LogP contribution in [0.2, 0.25) is 0 Å². The third-order valence-corrected chi connectivity index (χ3v) is 5.44. The molecule has 11 heteroatoms. The highest BCUT2D eigenvalue weighted by Crippen LogP contribution is 2.11. The summed E-state index contributed by atoms with van der Waals surface area (Å²) in [6.07, 6.45) is 0.642. The van der Waals surface area contributed by atoms with Gasteiger partial charge in [0.2, 0.25) is 23.6 Å². The van der Waals surface area contributed by atoms with Crippen molar-refractivity contribution < 1.29 is 29.1 Å². The second kappa shape index (κ2) is 14.5. The second-order valence-electron chi connectivity index (χ2n) is 9.24. The molecule has 0 saturated carbocycles. The lowest BCUT2D eigenvalue weighted by atomic mass is 9.97. The fourth-order valence-electron chi connectivity index (χ4n) is 3.08. The molecule has 0 saturated heterocycles. The minimum absolute atomic E-state index is 0.0670. The number of aliphatic carboxylic acids is 1. The molecule has 0 heterocycles. The van der Waals surface area contributed by atoms with Gasteiger partial charge in [0.05, 0.1) is 6.04 Å². The van der Waals surface area contributed by atoms with E-state index in [1.54, 1.807) is 13.8 Å². The Morgan fingerprint density at radius 1 is 0.848 bits per heavy atom. The molecule has 4 amide bonds. The van der Waals surface area contributed by atoms with Crippen molar-refractivity contribution in [1.82, 2.24) is 16.0 Å². The van der Waals surface area contributed by atoms with Crippen molar-refractivity contribution >= 4 is 29.6 Å². The minimum Gasteiger partial charge on any atom is -0.480 e. The van der Waals surface area contributed by atoms with Gasteiger partial charge in [0.25, 0.3) is 0 Å². The van der Waals surface area contributed by atoms with E-state index in [0.29, 0.717) is 12.8 Å². The Kier molecular flexibility index (Phi) is 13.3. The van der Waals surface area contributed by atoms with E-state index in [2.05, 4.69) is 16.0 Å². The molecule has 0 spiro atoms. The largest absolute Gasteiger partial charge is 0.480 e. The van der Waals surface area contributed by atoms with E-state index in [9.17, 15) is 29.1 Å². The number of nitrogens with two attached hydrogens (primary N) is 2. The van der Waals surface area contributed by atoms with Gasteiger partial charge in [-0.1, -0.05) is 48.0 Å². The SMILES string of the molecule is CCC(C)C(N)C(=O)NC(CC(C)C)C(=O)NC(C(=O)NC(CCC(N)=O)C(=O)O)C(C)C. The van der Waals surface area contributed by atoms with E-state index in [1.807, 2.05) is 27.7 Å². The van der Waals surface area contributed by atoms with Gasteiger partial charge >= 0.3 is 5.97 Å². The third kappa shape index (κ3) is 11.1. The molecule has 0 aromatic heterocycles. The van der Waals surface area contributed by atoms with Crippen molar-refractivity contribution in [2.24, 2.45) is 29.2 Å². The Morgan fingerprint density at radius 3 is 1.82 bits per heavy atom. The standard InChI is InChI=1S/C22H41N5O6/c1-7-13(6)17(24)20(30)26-15(10-11(2)3)19(29)27-18(12(4)5)21(31)25-14(22(32)33)8-9-16(23)28/h11-15,17-18H,7-10,24H2,1-6H3,(H2,23,28)(H,25,31)(H,26,30)(H,27,29)(H,32,33). The van der Waals surface area contributed by atoms with Gasteiger partial charge in [-0.05, 0) is 30.6 Å². The topological polar surface area (TPSA) is 194 Å². The van der Waals surface area contributed by atoms with Crippen LogP contribution in [-0.2, 0) is 24.0 Å². The number of rotatable bonds is 15. The first-order valence-corrected chi connectivity index (χ1v) is 11.4. The fraction of sp³-hybridized carbons (Fsp3) is 0.773. The zero-order valence-electron chi connectivity index (χ0n) is 20.5. The highest BCUT2D eigenvalue weighted by Gasteiger charge is 2.32. The summed E-state index contributed by atoms with van der Waals surface area (Å²) in [4.78, 5) is 60.7. The second-order valence-corrected chi connectivity index (χ2v) is 9.24. The number of carboxylic acid groups (broad SMARTS) is 1. The molecule has 0 aliphatic heterocycles. The van der Waals surface area contributed by atoms with E-state index < -0.39 is 53.8 Å². The summed E-state index contributed by atoms with van der Waals surface area (Å²) in [6.45, 7) is 10.9. The van der Waals surface area contributed by atoms with Crippen molar-refractivity contribution in [2.75, 3.05) is 0 Å². The van der Waals surface area contributed by atoms with Crippen molar-refractivity contribution in [3.63, 3.8) is 0 Å². The number of hydrogen-bond acceptors (Lipinski definition) is 6. The maximum absolute atomic E-state index is 13.0. The molecule has 5 unspecified atom stereocenters. The Morgan fingerprint density at radius 2 is 1.39 bits per heavy atom. The molecule has 0 rings (SSSR count). The van der Waals surface area contributed by atoms with Crippen LogP contribution in [0.3, 0.4) is 0 Å². The average molecular weight is 472 g/mol. The Balaban J connectivity index is 5.46. The molecule has 8 N–H and O–H groups in total. The first-order chi connectivity index (χ1) is 15.2. The van der Waals surface area contributed by atoms with Crippen LogP contribution in [0.1, 0.15) is 67.2 Å². The summed E-state index contributed by atoms with van der Waals surface area (Å²) in [7, 11) is 0. The van der Waals surface area contributed by atoms with E-state index >= 15 is 0 Å². The normalized spacial score (nSPS) is 15.8. The fourth-order valence-corrected chi connectivity index (χ4v) is 3.08. The summed E-state index contributed by atoms with van der Waals surface area (Å²) in [5, 5.41) is 17.0. The molecule has 0 aliphatic rings. The maximum atomic E-state index is 13.0. The van der Waals surface area contributed by atoms with Crippen LogP contribution in [0, 0.1) is 17.8 Å². The lowest BCUT2D eigenvalue weighted by Crippen LogP contribution is -2.59. The first kappa shape index (κ1) is 30.3. The van der Waals surface area contributed by atoms with Crippen molar-refractivity contribution in [3.05, 3.63) is 0 Å². The highest BCUT2D eigenvalue weighted by molar-refractivity contribution is 5.94. The molecular formula is C22H41N5O6. The van der Waals surface area contributed by atoms with Crippen molar-refractivity contribution in [3.8, 4) is 0 Å². The Bertz CT molecular complexity index is 697. The van der Waals surface area contributed by atoms with Crippen LogP contribution in [0.4, 0.5) is 0 Å². The highest BCUT2D eigenvalue weighted by atomic mass is 16.4. The van der Waals surface area contributed by atoms with Crippen molar-refractivity contribution in [2.45, 2.75) is 91.4 Å². The Hall–Kier alpha value is -2.69. The van der Waals surface area contributed by atoms with Crippen LogP contribution >= 0.6 is 0 Å². The van der Waals surface area contributed by atoms with Crippen LogP contribution in [-0.4, -0.2) is 58.9 Å². The lowest BCUT2D eigenvalue weighted by Gasteiger charge is -2.28. The molecule has 0 aliphatic carbocycles. The molecule has 0 aromatic carbocycles. The van der Waals surface area contributed by atoms with Crippen molar-refractivity contribution in [1.29, 1.82) is 0 Å². The molecular weight excluding hydrogens is 430 g/mol. The van der Waals surface area contributed by atoms with E-state index in [1.165, 1.54) is 0 Å². The monoisotopic (exact) mass is 471 g/mol. The number of carbonyl (C=O) groups excluding carboxylic acids is 4. The molecule has 5 atom stereocenters. The van der Waals surface area contributed by atoms with Gasteiger partial charge in [0.15, 0.2) is 0 Å². The average Bonchev–Trinajstić information content (AvgIpc) is 2.71. The smallest absolute Gasteiger partial charge is 0.326 e. The maximum Gasteiger partial charge on any atom is 0.326 e. The zero-order valence-corrected chi connectivity index (χ0v) is 20.5. The summed E-state index contributed by atoms with van der Waals surface area (Å²) < 4.78 is 0. The van der Waals surface area contributed by atoms with Gasteiger partial charge < -0.3 is 32.5 Å². The minimum atomic E-state index is -1.33. The summed E-state index contributed by atoms with van der Waals surface area (Å²) >= 11 is 0. The number of hydrogen-bond donors (Lipinski definition) is 6. The van der Waals surface area contributed by atoms with E-state index in [-0.39, 0.29) is 30.6 Å². The van der Waals surface area contributed by atoms with Crippen LogP contribution < -0.4 is 27.4 Å². The van der Waals surface area contributed by atoms with Crippen LogP contribution in [0.25, 0.3) is 0 Å². The quantitative estimate of drug-likeness (QED) is 0.191. The predicted molar refractivity (Wildman–Crippen MR) is 124 cm³/mol. The first-order valence-electron chi connectivity index (χ1n) is 11.4. The zero-order chi connectivity index (χ0) is 25.9. The number of carbonyl (C=O) groups is 5. The molecule has 33 heavy (non-hydrogen) atoms. The van der Waals surface area contributed by atoms with Gasteiger partial charge in [-0.2, -0.15) is 0 Å². The Labute approximate surface area is 195 Å². The van der Waals surface area contributed by atoms with Gasteiger partial charge in [-0.15, -0.1) is 0 Å². The molecule has 0 bridgehead atoms. The molecule has 190 valence electrons.